The van der Waals surface area contributed by atoms with Crippen LogP contribution in [0.2, 0.25) is 0 Å². The molecule has 10 nitrogen and oxygen atoms in total. The highest BCUT2D eigenvalue weighted by Crippen LogP contribution is 2.31. The van der Waals surface area contributed by atoms with Gasteiger partial charge in [-0.2, -0.15) is 10.5 Å². The highest BCUT2D eigenvalue weighted by Gasteiger charge is 2.21. The fourth-order valence-electron chi connectivity index (χ4n) is 4.17. The van der Waals surface area contributed by atoms with Crippen molar-refractivity contribution in [2.75, 3.05) is 47.1 Å². The molecule has 0 bridgehead atoms. The van der Waals surface area contributed by atoms with Crippen LogP contribution in [0.3, 0.4) is 0 Å². The van der Waals surface area contributed by atoms with Gasteiger partial charge in [0.15, 0.2) is 23.0 Å². The van der Waals surface area contributed by atoms with Crippen molar-refractivity contribution < 1.29 is 33.3 Å². The second-order valence-electron chi connectivity index (χ2n) is 9.36. The zero-order valence-corrected chi connectivity index (χ0v) is 24.2. The van der Waals surface area contributed by atoms with Gasteiger partial charge < -0.3 is 28.6 Å². The number of rotatable bonds is 13. The third kappa shape index (κ3) is 8.85. The van der Waals surface area contributed by atoms with Crippen LogP contribution in [0.25, 0.3) is 12.2 Å². The van der Waals surface area contributed by atoms with Crippen molar-refractivity contribution in [1.29, 1.82) is 10.5 Å². The molecular formula is C32H35N3O7. The van der Waals surface area contributed by atoms with E-state index in [4.69, 9.17) is 23.7 Å². The summed E-state index contributed by atoms with van der Waals surface area (Å²) < 4.78 is 27.4. The average molecular weight is 574 g/mol. The molecule has 0 aliphatic carbocycles. The Labute approximate surface area is 246 Å². The van der Waals surface area contributed by atoms with Gasteiger partial charge in [-0.3, -0.25) is 4.79 Å². The normalized spacial score (nSPS) is 13.5. The van der Waals surface area contributed by atoms with Gasteiger partial charge in [0.25, 0.3) is 5.91 Å². The van der Waals surface area contributed by atoms with E-state index < -0.39 is 5.97 Å². The highest BCUT2D eigenvalue weighted by molar-refractivity contribution is 6.02. The number of carbonyl (C=O) groups excluding carboxylic acids is 2. The monoisotopic (exact) mass is 573 g/mol. The molecule has 42 heavy (non-hydrogen) atoms. The van der Waals surface area contributed by atoms with Gasteiger partial charge in [0.2, 0.25) is 0 Å². The number of hydrogen-bond acceptors (Lipinski definition) is 9. The first-order chi connectivity index (χ1) is 20.4. The van der Waals surface area contributed by atoms with Gasteiger partial charge in [-0.05, 0) is 54.0 Å². The maximum Gasteiger partial charge on any atom is 0.354 e. The highest BCUT2D eigenvalue weighted by atomic mass is 16.6. The Balaban J connectivity index is 1.74. The van der Waals surface area contributed by atoms with Crippen molar-refractivity contribution >= 4 is 24.0 Å². The lowest BCUT2D eigenvalue weighted by Gasteiger charge is -2.26. The number of nitrogens with zero attached hydrogens (tertiary/aromatic N) is 3. The average Bonchev–Trinajstić information content (AvgIpc) is 3.03. The molecule has 220 valence electrons. The third-order valence-corrected chi connectivity index (χ3v) is 6.45. The molecule has 1 aliphatic rings. The molecule has 1 saturated heterocycles. The van der Waals surface area contributed by atoms with E-state index in [1.54, 1.807) is 29.2 Å². The molecule has 3 rings (SSSR count). The van der Waals surface area contributed by atoms with Crippen LogP contribution >= 0.6 is 0 Å². The van der Waals surface area contributed by atoms with Crippen molar-refractivity contribution in [2.45, 2.75) is 32.6 Å². The van der Waals surface area contributed by atoms with Crippen molar-refractivity contribution in [1.82, 2.24) is 4.90 Å². The lowest BCUT2D eigenvalue weighted by Crippen LogP contribution is -2.41. The van der Waals surface area contributed by atoms with E-state index in [0.29, 0.717) is 55.5 Å². The smallest absolute Gasteiger partial charge is 0.354 e. The Morgan fingerprint density at radius 1 is 0.857 bits per heavy atom. The molecule has 1 fully saturated rings. The summed E-state index contributed by atoms with van der Waals surface area (Å²) in [5, 5.41) is 19.2. The molecule has 0 spiro atoms. The summed E-state index contributed by atoms with van der Waals surface area (Å²) in [7, 11) is 2.92. The second-order valence-corrected chi connectivity index (χ2v) is 9.36. The molecule has 0 aromatic heterocycles. The SMILES string of the molecule is CCCCCCOc1ccc(/C=C(\C#N)C(=O)Oc2ccc(/C=C(\C#N)C(=O)N3CCOCC3)cc2OC)cc1OC. The number of morpholine rings is 1. The fraction of sp³-hybridized carbons (Fsp3) is 0.375. The van der Waals surface area contributed by atoms with Crippen molar-refractivity contribution in [2.24, 2.45) is 0 Å². The van der Waals surface area contributed by atoms with Crippen LogP contribution in [0.15, 0.2) is 47.5 Å². The number of methoxy groups -OCH3 is 2. The Morgan fingerprint density at radius 2 is 1.45 bits per heavy atom. The van der Waals surface area contributed by atoms with Crippen LogP contribution in [0.4, 0.5) is 0 Å². The van der Waals surface area contributed by atoms with Crippen LogP contribution in [0, 0.1) is 22.7 Å². The van der Waals surface area contributed by atoms with Gasteiger partial charge in [-0.15, -0.1) is 0 Å². The van der Waals surface area contributed by atoms with Gasteiger partial charge in [0.05, 0.1) is 34.0 Å². The van der Waals surface area contributed by atoms with Gasteiger partial charge >= 0.3 is 5.97 Å². The van der Waals surface area contributed by atoms with E-state index in [9.17, 15) is 20.1 Å². The van der Waals surface area contributed by atoms with Gasteiger partial charge in [0, 0.05) is 13.1 Å². The number of ether oxygens (including phenoxy) is 5. The third-order valence-electron chi connectivity index (χ3n) is 6.45. The number of benzene rings is 2. The quantitative estimate of drug-likeness (QED) is 0.107. The molecular weight excluding hydrogens is 538 g/mol. The van der Waals surface area contributed by atoms with Crippen LogP contribution in [0.1, 0.15) is 43.7 Å². The zero-order valence-electron chi connectivity index (χ0n) is 24.2. The molecule has 10 heteroatoms. The van der Waals surface area contributed by atoms with Crippen LogP contribution in [-0.4, -0.2) is 63.9 Å². The first-order valence-corrected chi connectivity index (χ1v) is 13.8. The van der Waals surface area contributed by atoms with Crippen LogP contribution in [-0.2, 0) is 14.3 Å². The summed E-state index contributed by atoms with van der Waals surface area (Å²) in [5.74, 6) is 0.0592. The van der Waals surface area contributed by atoms with E-state index >= 15 is 0 Å². The predicted octanol–water partition coefficient (Wildman–Crippen LogP) is 4.94. The molecule has 0 N–H and O–H groups in total. The van der Waals surface area contributed by atoms with Gasteiger partial charge in [-0.25, -0.2) is 4.79 Å². The molecule has 1 heterocycles. The molecule has 2 aromatic carbocycles. The summed E-state index contributed by atoms with van der Waals surface area (Å²) in [4.78, 5) is 27.2. The van der Waals surface area contributed by atoms with E-state index in [1.807, 2.05) is 12.1 Å². The first kappa shape index (κ1) is 31.7. The minimum atomic E-state index is -0.880. The number of unbranched alkanes of at least 4 members (excludes halogenated alkanes) is 3. The first-order valence-electron chi connectivity index (χ1n) is 13.8. The van der Waals surface area contributed by atoms with Crippen LogP contribution in [0.5, 0.6) is 23.0 Å². The Morgan fingerprint density at radius 3 is 2.05 bits per heavy atom. The molecule has 0 radical (unpaired) electrons. The minimum Gasteiger partial charge on any atom is -0.493 e. The van der Waals surface area contributed by atoms with E-state index in [1.165, 1.54) is 38.5 Å². The number of esters is 1. The molecule has 2 aromatic rings. The van der Waals surface area contributed by atoms with Crippen LogP contribution < -0.4 is 18.9 Å². The number of carbonyl (C=O) groups is 2. The summed E-state index contributed by atoms with van der Waals surface area (Å²) in [6.07, 6.45) is 7.17. The number of nitriles is 2. The second kappa shape index (κ2) is 16.5. The van der Waals surface area contributed by atoms with Crippen molar-refractivity contribution in [3.05, 3.63) is 58.7 Å². The van der Waals surface area contributed by atoms with E-state index in [-0.39, 0.29) is 28.6 Å². The summed E-state index contributed by atoms with van der Waals surface area (Å²) >= 11 is 0. The molecule has 1 aliphatic heterocycles. The molecule has 1 amide bonds. The molecule has 0 unspecified atom stereocenters. The summed E-state index contributed by atoms with van der Waals surface area (Å²) in [6, 6.07) is 13.6. The van der Waals surface area contributed by atoms with Gasteiger partial charge in [-0.1, -0.05) is 38.3 Å². The largest absolute Gasteiger partial charge is 0.493 e. The maximum atomic E-state index is 12.9. The summed E-state index contributed by atoms with van der Waals surface area (Å²) in [5.41, 5.74) is 0.779. The topological polar surface area (TPSA) is 131 Å². The predicted molar refractivity (Wildman–Crippen MR) is 156 cm³/mol. The maximum absolute atomic E-state index is 12.9. The standard InChI is InChI=1S/C32H35N3O7/c1-4-5-6-7-14-41-27-10-8-24(19-29(27)38-2)18-26(22-34)32(37)42-28-11-9-23(20-30(28)39-3)17-25(21-33)31(36)35-12-15-40-16-13-35/h8-11,17-20H,4-7,12-16H2,1-3H3/b25-17+,26-18+. The molecule has 0 saturated carbocycles. The minimum absolute atomic E-state index is 0.0401. The zero-order chi connectivity index (χ0) is 30.3. The Kier molecular flexibility index (Phi) is 12.4. The van der Waals surface area contributed by atoms with Crippen molar-refractivity contribution in [3.63, 3.8) is 0 Å². The van der Waals surface area contributed by atoms with Crippen molar-refractivity contribution in [3.8, 4) is 35.1 Å². The fourth-order valence-corrected chi connectivity index (χ4v) is 4.17. The lowest BCUT2D eigenvalue weighted by atomic mass is 10.1. The number of hydrogen-bond donors (Lipinski definition) is 0. The Hall–Kier alpha value is -4.80. The number of amides is 1. The Bertz CT molecular complexity index is 1400. The van der Waals surface area contributed by atoms with Gasteiger partial charge in [0.1, 0.15) is 23.3 Å². The molecule has 0 atom stereocenters. The van der Waals surface area contributed by atoms with E-state index in [2.05, 4.69) is 6.92 Å². The summed E-state index contributed by atoms with van der Waals surface area (Å²) in [6.45, 7) is 4.38. The lowest BCUT2D eigenvalue weighted by molar-refractivity contribution is -0.131. The van der Waals surface area contributed by atoms with E-state index in [0.717, 1.165) is 25.7 Å².